The molecule has 2 amide bonds. The Hall–Kier alpha value is -2.22. The molecule has 1 aliphatic rings. The van der Waals surface area contributed by atoms with E-state index in [0.29, 0.717) is 6.54 Å². The van der Waals surface area contributed by atoms with Crippen LogP contribution in [-0.4, -0.2) is 49.0 Å². The number of ether oxygens (including phenoxy) is 1. The quantitative estimate of drug-likeness (QED) is 0.850. The van der Waals surface area contributed by atoms with E-state index < -0.39 is 35.2 Å². The van der Waals surface area contributed by atoms with Crippen LogP contribution >= 0.6 is 0 Å². The van der Waals surface area contributed by atoms with E-state index in [4.69, 9.17) is 5.73 Å². The van der Waals surface area contributed by atoms with Gasteiger partial charge < -0.3 is 20.7 Å². The molecule has 23 heavy (non-hydrogen) atoms. The van der Waals surface area contributed by atoms with Crippen molar-refractivity contribution < 1.29 is 23.1 Å². The molecule has 1 saturated heterocycles. The van der Waals surface area contributed by atoms with Gasteiger partial charge in [-0.05, 0) is 25.5 Å². The topological polar surface area (TPSA) is 84.7 Å². The minimum atomic E-state index is -1.30. The molecule has 0 spiro atoms. The van der Waals surface area contributed by atoms with E-state index in [9.17, 15) is 18.4 Å². The van der Waals surface area contributed by atoms with Gasteiger partial charge in [-0.15, -0.1) is 0 Å². The predicted molar refractivity (Wildman–Crippen MR) is 79.0 cm³/mol. The maximum Gasteiger partial charge on any atom is 0.257 e. The Morgan fingerprint density at radius 1 is 1.39 bits per heavy atom. The van der Waals surface area contributed by atoms with Gasteiger partial charge in [-0.2, -0.15) is 4.39 Å². The van der Waals surface area contributed by atoms with Gasteiger partial charge in [0.05, 0.1) is 12.7 Å². The lowest BCUT2D eigenvalue weighted by molar-refractivity contribution is -0.124. The summed E-state index contributed by atoms with van der Waals surface area (Å²) in [5, 5.41) is 2.61. The third-order valence-corrected chi connectivity index (χ3v) is 3.75. The predicted octanol–water partition coefficient (Wildman–Crippen LogP) is 0.651. The molecular weight excluding hydrogens is 308 g/mol. The summed E-state index contributed by atoms with van der Waals surface area (Å²) in [6.07, 6.45) is 0.276. The van der Waals surface area contributed by atoms with Crippen molar-refractivity contribution in [3.8, 4) is 5.75 Å². The number of nitrogens with one attached hydrogen (secondary N) is 1. The van der Waals surface area contributed by atoms with E-state index in [0.717, 1.165) is 6.07 Å². The van der Waals surface area contributed by atoms with Gasteiger partial charge in [0.15, 0.2) is 11.6 Å². The highest BCUT2D eigenvalue weighted by Crippen LogP contribution is 2.26. The molecule has 0 aliphatic carbocycles. The summed E-state index contributed by atoms with van der Waals surface area (Å²) in [5.41, 5.74) is 5.37. The molecule has 1 heterocycles. The standard InChI is InChI=1S/C15H19F2N3O3/c1-3-19-14(21)10-6-8(18)7-20(10)15(22)9-4-5-11(23-2)13(17)12(9)16/h4-5,8,10H,3,6-7,18H2,1-2H3,(H,19,21)/t8-,10+/m1/s1. The number of nitrogens with two attached hydrogens (primary N) is 1. The zero-order valence-corrected chi connectivity index (χ0v) is 12.9. The smallest absolute Gasteiger partial charge is 0.257 e. The maximum atomic E-state index is 14.1. The lowest BCUT2D eigenvalue weighted by Crippen LogP contribution is -2.46. The third kappa shape index (κ3) is 3.26. The zero-order valence-electron chi connectivity index (χ0n) is 12.9. The Morgan fingerprint density at radius 3 is 2.70 bits per heavy atom. The molecule has 126 valence electrons. The van der Waals surface area contributed by atoms with Crippen molar-refractivity contribution >= 4 is 11.8 Å². The second-order valence-corrected chi connectivity index (χ2v) is 5.31. The van der Waals surface area contributed by atoms with Gasteiger partial charge in [-0.1, -0.05) is 0 Å². The highest BCUT2D eigenvalue weighted by atomic mass is 19.2. The first kappa shape index (κ1) is 17.1. The van der Waals surface area contributed by atoms with Gasteiger partial charge in [0.2, 0.25) is 11.7 Å². The molecule has 0 aromatic heterocycles. The summed E-state index contributed by atoms with van der Waals surface area (Å²) in [4.78, 5) is 25.7. The van der Waals surface area contributed by atoms with Crippen LogP contribution in [0, 0.1) is 11.6 Å². The van der Waals surface area contributed by atoms with Crippen molar-refractivity contribution in [1.82, 2.24) is 10.2 Å². The highest BCUT2D eigenvalue weighted by molar-refractivity contribution is 5.98. The third-order valence-electron chi connectivity index (χ3n) is 3.75. The number of hydrogen-bond acceptors (Lipinski definition) is 4. The number of carbonyl (C=O) groups excluding carboxylic acids is 2. The SMILES string of the molecule is CCNC(=O)[C@@H]1C[C@@H](N)CN1C(=O)c1ccc(OC)c(F)c1F. The molecule has 0 unspecified atom stereocenters. The minimum absolute atomic E-state index is 0.105. The summed E-state index contributed by atoms with van der Waals surface area (Å²) >= 11 is 0. The van der Waals surface area contributed by atoms with Gasteiger partial charge in [0.25, 0.3) is 5.91 Å². The number of amides is 2. The number of methoxy groups -OCH3 is 1. The molecule has 0 bridgehead atoms. The van der Waals surface area contributed by atoms with Crippen molar-refractivity contribution in [2.24, 2.45) is 5.73 Å². The number of rotatable bonds is 4. The fourth-order valence-electron chi connectivity index (χ4n) is 2.64. The van der Waals surface area contributed by atoms with Crippen molar-refractivity contribution in [1.29, 1.82) is 0 Å². The van der Waals surface area contributed by atoms with Gasteiger partial charge in [-0.3, -0.25) is 9.59 Å². The van der Waals surface area contributed by atoms with Crippen LogP contribution in [0.25, 0.3) is 0 Å². The summed E-state index contributed by atoms with van der Waals surface area (Å²) < 4.78 is 32.6. The number of likely N-dealkylation sites (tertiary alicyclic amines) is 1. The summed E-state index contributed by atoms with van der Waals surface area (Å²) in [7, 11) is 1.20. The Labute approximate surface area is 132 Å². The summed E-state index contributed by atoms with van der Waals surface area (Å²) in [6, 6.07) is 1.13. The Morgan fingerprint density at radius 2 is 2.09 bits per heavy atom. The molecule has 2 rings (SSSR count). The Balaban J connectivity index is 2.31. The van der Waals surface area contributed by atoms with E-state index in [2.05, 4.69) is 10.1 Å². The zero-order chi connectivity index (χ0) is 17.1. The number of hydrogen-bond donors (Lipinski definition) is 2. The molecule has 2 atom stereocenters. The summed E-state index contributed by atoms with van der Waals surface area (Å²) in [6.45, 7) is 2.25. The van der Waals surface area contributed by atoms with Crippen LogP contribution in [0.1, 0.15) is 23.7 Å². The van der Waals surface area contributed by atoms with Crippen molar-refractivity contribution in [2.45, 2.75) is 25.4 Å². The number of carbonyl (C=O) groups is 2. The second-order valence-electron chi connectivity index (χ2n) is 5.31. The Kier molecular flexibility index (Phi) is 5.15. The lowest BCUT2D eigenvalue weighted by Gasteiger charge is -2.24. The number of likely N-dealkylation sites (N-methyl/N-ethyl adjacent to an activating group) is 1. The van der Waals surface area contributed by atoms with Gasteiger partial charge in [0.1, 0.15) is 6.04 Å². The second kappa shape index (κ2) is 6.91. The van der Waals surface area contributed by atoms with Gasteiger partial charge in [0, 0.05) is 19.1 Å². The number of benzene rings is 1. The van der Waals surface area contributed by atoms with Crippen LogP contribution in [0.5, 0.6) is 5.75 Å². The average molecular weight is 327 g/mol. The maximum absolute atomic E-state index is 14.1. The average Bonchev–Trinajstić information content (AvgIpc) is 2.91. The lowest BCUT2D eigenvalue weighted by atomic mass is 10.1. The molecule has 0 radical (unpaired) electrons. The van der Waals surface area contributed by atoms with E-state index in [1.54, 1.807) is 6.92 Å². The number of nitrogens with zero attached hydrogens (tertiary/aromatic N) is 1. The molecule has 0 saturated carbocycles. The monoisotopic (exact) mass is 327 g/mol. The van der Waals surface area contributed by atoms with E-state index in [1.807, 2.05) is 0 Å². The van der Waals surface area contributed by atoms with Crippen LogP contribution in [0.3, 0.4) is 0 Å². The van der Waals surface area contributed by atoms with Crippen LogP contribution in [0.15, 0.2) is 12.1 Å². The number of halogens is 2. The van der Waals surface area contributed by atoms with Crippen LogP contribution in [0.4, 0.5) is 8.78 Å². The molecule has 1 aromatic rings. The molecule has 1 aliphatic heterocycles. The highest BCUT2D eigenvalue weighted by Gasteiger charge is 2.39. The summed E-state index contributed by atoms with van der Waals surface area (Å²) in [5.74, 6) is -3.96. The molecule has 8 heteroatoms. The first-order chi connectivity index (χ1) is 10.9. The molecule has 6 nitrogen and oxygen atoms in total. The van der Waals surface area contributed by atoms with E-state index >= 15 is 0 Å². The Bertz CT molecular complexity index is 624. The van der Waals surface area contributed by atoms with E-state index in [1.165, 1.54) is 18.1 Å². The normalized spacial score (nSPS) is 20.5. The van der Waals surface area contributed by atoms with Crippen LogP contribution in [0.2, 0.25) is 0 Å². The first-order valence-electron chi connectivity index (χ1n) is 7.26. The fourth-order valence-corrected chi connectivity index (χ4v) is 2.64. The van der Waals surface area contributed by atoms with Crippen molar-refractivity contribution in [2.75, 3.05) is 20.2 Å². The fraction of sp³-hybridized carbons (Fsp3) is 0.467. The largest absolute Gasteiger partial charge is 0.494 e. The van der Waals surface area contributed by atoms with E-state index in [-0.39, 0.29) is 24.6 Å². The van der Waals surface area contributed by atoms with Crippen molar-refractivity contribution in [3.05, 3.63) is 29.3 Å². The minimum Gasteiger partial charge on any atom is -0.494 e. The molecule has 3 N–H and O–H groups in total. The van der Waals surface area contributed by atoms with Gasteiger partial charge >= 0.3 is 0 Å². The van der Waals surface area contributed by atoms with Crippen LogP contribution < -0.4 is 15.8 Å². The van der Waals surface area contributed by atoms with Gasteiger partial charge in [-0.25, -0.2) is 4.39 Å². The molecule has 1 fully saturated rings. The first-order valence-corrected chi connectivity index (χ1v) is 7.26. The molecule has 1 aromatic carbocycles. The van der Waals surface area contributed by atoms with Crippen molar-refractivity contribution in [3.63, 3.8) is 0 Å². The molecular formula is C15H19F2N3O3. The van der Waals surface area contributed by atoms with Crippen LogP contribution in [-0.2, 0) is 4.79 Å².